The quantitative estimate of drug-likeness (QED) is 0.170. The van der Waals surface area contributed by atoms with Crippen molar-refractivity contribution in [2.45, 2.75) is 6.10 Å². The Morgan fingerprint density at radius 1 is 1.00 bits per heavy atom. The lowest BCUT2D eigenvalue weighted by molar-refractivity contribution is -0.742. The molecule has 1 aromatic carbocycles. The average Bonchev–Trinajstić information content (AvgIpc) is 2.70. The number of hydrogen-bond acceptors (Lipinski definition) is 10. The summed E-state index contributed by atoms with van der Waals surface area (Å²) < 4.78 is 0. The maximum Gasteiger partial charge on any atom is 0.328 e. The fourth-order valence-electron chi connectivity index (χ4n) is 1.59. The lowest BCUT2D eigenvalue weighted by Gasteiger charge is -2.09. The molecule has 0 saturated heterocycles. The first-order chi connectivity index (χ1) is 14.9. The average molecular weight is 460 g/mol. The van der Waals surface area contributed by atoms with Crippen LogP contribution in [0.25, 0.3) is 10.9 Å². The third-order valence-electron chi connectivity index (χ3n) is 2.70. The molecule has 0 fully saturated rings. The second-order valence-electron chi connectivity index (χ2n) is 5.09. The summed E-state index contributed by atoms with van der Waals surface area (Å²) in [4.78, 5) is 40.2. The zero-order chi connectivity index (χ0) is 25.1. The van der Waals surface area contributed by atoms with Crippen LogP contribution in [0.2, 0.25) is 0 Å². The molecule has 0 aliphatic heterocycles. The molecule has 2 aromatic rings. The van der Waals surface area contributed by atoms with Crippen molar-refractivity contribution in [1.82, 2.24) is 4.98 Å². The fourth-order valence-corrected chi connectivity index (χ4v) is 1.59. The Hall–Kier alpha value is -4.57. The van der Waals surface area contributed by atoms with Crippen LogP contribution in [0.4, 0.5) is 5.82 Å². The summed E-state index contributed by atoms with van der Waals surface area (Å²) in [5, 5.41) is 64.8. The van der Waals surface area contributed by atoms with Gasteiger partial charge in [-0.1, -0.05) is 18.2 Å². The number of aliphatic hydroxyl groups is 2. The standard InChI is InChI=1S/C12H14N2O2.C4H4O4.2HNO3/c15-8-10(16)7-13-12-6-5-9-3-1-2-4-11(9)14-12;5-3(6)1-2-4(7)8;2*2-1(3)4/h1-6,10,15-16H,7-8H2,(H,13,14);1-2H,(H,5,6)(H,7,8);2*(H,2,3,4)/b;2-1-;;. The number of nitrogens with zero attached hydrogens (tertiary/aromatic N) is 3. The molecule has 2 rings (SSSR count). The Labute approximate surface area is 178 Å². The van der Waals surface area contributed by atoms with E-state index in [1.807, 2.05) is 36.4 Å². The summed E-state index contributed by atoms with van der Waals surface area (Å²) in [6, 6.07) is 11.6. The van der Waals surface area contributed by atoms with Crippen LogP contribution >= 0.6 is 0 Å². The largest absolute Gasteiger partial charge is 0.478 e. The van der Waals surface area contributed by atoms with Crippen LogP contribution in [0.5, 0.6) is 0 Å². The van der Waals surface area contributed by atoms with Gasteiger partial charge >= 0.3 is 11.9 Å². The van der Waals surface area contributed by atoms with Gasteiger partial charge in [-0.05, 0) is 18.2 Å². The van der Waals surface area contributed by atoms with E-state index in [0.29, 0.717) is 24.5 Å². The third-order valence-corrected chi connectivity index (χ3v) is 2.70. The van der Waals surface area contributed by atoms with Gasteiger partial charge < -0.3 is 36.2 Å². The smallest absolute Gasteiger partial charge is 0.328 e. The van der Waals surface area contributed by atoms with E-state index < -0.39 is 28.2 Å². The first-order valence-corrected chi connectivity index (χ1v) is 8.08. The van der Waals surface area contributed by atoms with Gasteiger partial charge in [0, 0.05) is 24.1 Å². The normalized spacial score (nSPS) is 10.2. The number of nitrogens with one attached hydrogen (secondary N) is 1. The molecule has 1 heterocycles. The topological polar surface area (TPSA) is 267 Å². The number of hydrogen-bond donors (Lipinski definition) is 7. The van der Waals surface area contributed by atoms with Gasteiger partial charge in [-0.2, -0.15) is 0 Å². The van der Waals surface area contributed by atoms with Crippen molar-refractivity contribution >= 4 is 28.7 Å². The van der Waals surface area contributed by atoms with E-state index in [9.17, 15) is 14.7 Å². The van der Waals surface area contributed by atoms with Gasteiger partial charge in [-0.15, -0.1) is 20.2 Å². The zero-order valence-corrected chi connectivity index (χ0v) is 16.1. The molecule has 0 amide bonds. The molecular formula is C16H20N4O12. The molecule has 1 unspecified atom stereocenters. The maximum absolute atomic E-state index is 9.55. The van der Waals surface area contributed by atoms with Crippen molar-refractivity contribution in [2.24, 2.45) is 0 Å². The SMILES string of the molecule is O=C(O)/C=C\C(=O)O.O=[N+]([O-])O.O=[N+]([O-])O.OCC(O)CNc1ccc2ccccc2n1. The van der Waals surface area contributed by atoms with E-state index in [4.69, 9.17) is 46.0 Å². The predicted molar refractivity (Wildman–Crippen MR) is 105 cm³/mol. The van der Waals surface area contributed by atoms with Crippen molar-refractivity contribution in [3.05, 3.63) is 68.8 Å². The zero-order valence-electron chi connectivity index (χ0n) is 16.1. The van der Waals surface area contributed by atoms with Crippen LogP contribution in [-0.2, 0) is 9.59 Å². The summed E-state index contributed by atoms with van der Waals surface area (Å²) in [6.07, 6.45) is 0.360. The number of benzene rings is 1. The summed E-state index contributed by atoms with van der Waals surface area (Å²) in [5.74, 6) is -1.81. The van der Waals surface area contributed by atoms with Crippen LogP contribution in [0.1, 0.15) is 0 Å². The van der Waals surface area contributed by atoms with Gasteiger partial charge in [0.1, 0.15) is 5.82 Å². The van der Waals surface area contributed by atoms with E-state index in [1.165, 1.54) is 0 Å². The van der Waals surface area contributed by atoms with E-state index in [1.54, 1.807) is 0 Å². The number of pyridine rings is 1. The highest BCUT2D eigenvalue weighted by atomic mass is 16.9. The number of carboxylic acids is 2. The third kappa shape index (κ3) is 20.2. The molecule has 176 valence electrons. The molecule has 16 heteroatoms. The van der Waals surface area contributed by atoms with Gasteiger partial charge in [0.2, 0.25) is 0 Å². The van der Waals surface area contributed by atoms with E-state index in [0.717, 1.165) is 10.9 Å². The molecule has 0 bridgehead atoms. The number of carboxylic acid groups (broad SMARTS) is 2. The minimum Gasteiger partial charge on any atom is -0.478 e. The lowest BCUT2D eigenvalue weighted by Crippen LogP contribution is -2.23. The monoisotopic (exact) mass is 460 g/mol. The van der Waals surface area contributed by atoms with Gasteiger partial charge in [-0.3, -0.25) is 0 Å². The molecule has 1 aromatic heterocycles. The highest BCUT2D eigenvalue weighted by molar-refractivity contribution is 5.89. The van der Waals surface area contributed by atoms with E-state index >= 15 is 0 Å². The highest BCUT2D eigenvalue weighted by Crippen LogP contribution is 2.14. The van der Waals surface area contributed by atoms with Crippen LogP contribution in [0.15, 0.2) is 48.6 Å². The van der Waals surface area contributed by atoms with E-state index in [2.05, 4.69) is 10.3 Å². The number of fused-ring (bicyclic) bond motifs is 1. The summed E-state index contributed by atoms with van der Waals surface area (Å²) in [6.45, 7) is 0.0441. The molecule has 16 nitrogen and oxygen atoms in total. The molecule has 0 spiro atoms. The Kier molecular flexibility index (Phi) is 16.0. The van der Waals surface area contributed by atoms with E-state index in [-0.39, 0.29) is 6.61 Å². The van der Waals surface area contributed by atoms with Crippen molar-refractivity contribution < 1.29 is 50.6 Å². The number of rotatable bonds is 6. The molecule has 1 atom stereocenters. The van der Waals surface area contributed by atoms with Gasteiger partial charge in [0.15, 0.2) is 0 Å². The lowest BCUT2D eigenvalue weighted by atomic mass is 10.2. The Morgan fingerprint density at radius 2 is 1.47 bits per heavy atom. The number of aromatic nitrogens is 1. The van der Waals surface area contributed by atoms with Crippen LogP contribution in [-0.4, -0.2) is 77.2 Å². The Morgan fingerprint density at radius 3 is 1.91 bits per heavy atom. The highest BCUT2D eigenvalue weighted by Gasteiger charge is 2.02. The van der Waals surface area contributed by atoms with Crippen molar-refractivity contribution in [3.63, 3.8) is 0 Å². The number of carbonyl (C=O) groups is 2. The number of aliphatic hydroxyl groups excluding tert-OH is 2. The van der Waals surface area contributed by atoms with Crippen LogP contribution < -0.4 is 5.32 Å². The summed E-state index contributed by atoms with van der Waals surface area (Å²) >= 11 is 0. The van der Waals surface area contributed by atoms with Crippen LogP contribution in [0.3, 0.4) is 0 Å². The van der Waals surface area contributed by atoms with Gasteiger partial charge in [0.05, 0.1) is 18.2 Å². The second kappa shape index (κ2) is 17.3. The number of aliphatic carboxylic acids is 2. The second-order valence-corrected chi connectivity index (χ2v) is 5.09. The number of anilines is 1. The van der Waals surface area contributed by atoms with Crippen molar-refractivity contribution in [2.75, 3.05) is 18.5 Å². The minimum atomic E-state index is -1.50. The van der Waals surface area contributed by atoms with Crippen molar-refractivity contribution in [1.29, 1.82) is 0 Å². The molecule has 7 N–H and O–H groups in total. The fraction of sp³-hybridized carbons (Fsp3) is 0.188. The van der Waals surface area contributed by atoms with Gasteiger partial charge in [-0.25, -0.2) is 14.6 Å². The first-order valence-electron chi connectivity index (χ1n) is 8.08. The molecule has 0 aliphatic carbocycles. The molecule has 0 aliphatic rings. The summed E-state index contributed by atoms with van der Waals surface area (Å²) in [5.41, 5.74) is 0.908. The molecule has 0 radical (unpaired) electrons. The van der Waals surface area contributed by atoms with Gasteiger partial charge in [0.25, 0.3) is 10.2 Å². The van der Waals surface area contributed by atoms with Crippen molar-refractivity contribution in [3.8, 4) is 0 Å². The molecule has 0 saturated carbocycles. The summed E-state index contributed by atoms with van der Waals surface area (Å²) in [7, 11) is 0. The first kappa shape index (κ1) is 29.6. The molecular weight excluding hydrogens is 440 g/mol. The minimum absolute atomic E-state index is 0.249. The number of para-hydroxylation sites is 1. The Bertz CT molecular complexity index is 869. The maximum atomic E-state index is 9.55. The predicted octanol–water partition coefficient (Wildman–Crippen LogP) is 0.0163. The van der Waals surface area contributed by atoms with Crippen LogP contribution in [0, 0.1) is 20.2 Å². The molecule has 32 heavy (non-hydrogen) atoms. The Balaban J connectivity index is 0.